The van der Waals surface area contributed by atoms with E-state index in [2.05, 4.69) is 5.32 Å². The largest absolute Gasteiger partial charge is 0.367 e. The molecule has 5 heteroatoms. The van der Waals surface area contributed by atoms with Crippen LogP contribution in [0.2, 0.25) is 0 Å². The van der Waals surface area contributed by atoms with Crippen molar-refractivity contribution >= 4 is 11.8 Å². The highest BCUT2D eigenvalue weighted by atomic mass is 16.2. The lowest BCUT2D eigenvalue weighted by Crippen LogP contribution is -2.63. The maximum absolute atomic E-state index is 11.5. The number of nitrogens with two attached hydrogens (primary N) is 2. The van der Waals surface area contributed by atoms with Crippen molar-refractivity contribution in [3.63, 3.8) is 0 Å². The van der Waals surface area contributed by atoms with E-state index in [0.29, 0.717) is 12.1 Å². The Hall–Kier alpha value is -1.88. The summed E-state index contributed by atoms with van der Waals surface area (Å²) >= 11 is 0. The highest BCUT2D eigenvalue weighted by Crippen LogP contribution is 2.28. The number of fused-ring (bicyclic) bond motifs is 1. The second kappa shape index (κ2) is 3.61. The molecule has 0 fully saturated rings. The number of benzene rings is 1. The molecular formula is C11H13N3O2. The molecule has 0 saturated heterocycles. The van der Waals surface area contributed by atoms with Crippen LogP contribution in [0.25, 0.3) is 0 Å². The summed E-state index contributed by atoms with van der Waals surface area (Å²) in [5.74, 6) is -1.51. The first-order chi connectivity index (χ1) is 7.59. The lowest BCUT2D eigenvalue weighted by atomic mass is 9.81. The van der Waals surface area contributed by atoms with Crippen molar-refractivity contribution in [3.05, 3.63) is 35.4 Å². The van der Waals surface area contributed by atoms with E-state index in [1.54, 1.807) is 12.1 Å². The maximum atomic E-state index is 11.5. The van der Waals surface area contributed by atoms with Gasteiger partial charge in [-0.05, 0) is 17.5 Å². The third kappa shape index (κ3) is 1.29. The van der Waals surface area contributed by atoms with Gasteiger partial charge in [0.1, 0.15) is 0 Å². The molecule has 0 spiro atoms. The topological polar surface area (TPSA) is 98.2 Å². The summed E-state index contributed by atoms with van der Waals surface area (Å²) in [5, 5.41) is 2.84. The van der Waals surface area contributed by atoms with Crippen LogP contribution in [0.4, 0.5) is 0 Å². The average molecular weight is 219 g/mol. The number of primary amides is 2. The van der Waals surface area contributed by atoms with Gasteiger partial charge in [-0.25, -0.2) is 0 Å². The van der Waals surface area contributed by atoms with Crippen LogP contribution < -0.4 is 16.8 Å². The van der Waals surface area contributed by atoms with E-state index in [4.69, 9.17) is 11.5 Å². The van der Waals surface area contributed by atoms with E-state index in [1.165, 1.54) is 0 Å². The molecule has 0 atom stereocenters. The number of hydrogen-bond acceptors (Lipinski definition) is 3. The lowest BCUT2D eigenvalue weighted by Gasteiger charge is -2.34. The molecule has 0 bridgehead atoms. The van der Waals surface area contributed by atoms with Crippen LogP contribution in [-0.2, 0) is 21.5 Å². The number of carbonyl (C=O) groups excluding carboxylic acids is 2. The van der Waals surface area contributed by atoms with Gasteiger partial charge in [-0.3, -0.25) is 14.9 Å². The van der Waals surface area contributed by atoms with Gasteiger partial charge in [0.2, 0.25) is 5.54 Å². The molecule has 84 valence electrons. The van der Waals surface area contributed by atoms with Gasteiger partial charge in [0.05, 0.1) is 0 Å². The molecule has 0 unspecified atom stereocenters. The number of carbonyl (C=O) groups is 2. The summed E-state index contributed by atoms with van der Waals surface area (Å²) in [6, 6.07) is 7.19. The first kappa shape index (κ1) is 10.6. The predicted molar refractivity (Wildman–Crippen MR) is 58.2 cm³/mol. The molecule has 5 N–H and O–H groups in total. The van der Waals surface area contributed by atoms with Gasteiger partial charge in [-0.15, -0.1) is 0 Å². The molecule has 0 radical (unpaired) electrons. The van der Waals surface area contributed by atoms with E-state index in [9.17, 15) is 9.59 Å². The summed E-state index contributed by atoms with van der Waals surface area (Å²) < 4.78 is 0. The van der Waals surface area contributed by atoms with Crippen LogP contribution in [-0.4, -0.2) is 18.4 Å². The highest BCUT2D eigenvalue weighted by Gasteiger charge is 2.47. The predicted octanol–water partition coefficient (Wildman–Crippen LogP) is -1.00. The Bertz CT molecular complexity index is 442. The van der Waals surface area contributed by atoms with Crippen LogP contribution in [0.1, 0.15) is 11.1 Å². The third-order valence-electron chi connectivity index (χ3n) is 2.95. The van der Waals surface area contributed by atoms with Gasteiger partial charge >= 0.3 is 0 Å². The van der Waals surface area contributed by atoms with Crippen LogP contribution in [0.5, 0.6) is 0 Å². The molecule has 1 aliphatic rings. The Morgan fingerprint density at radius 2 is 1.81 bits per heavy atom. The summed E-state index contributed by atoms with van der Waals surface area (Å²) in [4.78, 5) is 23.1. The van der Waals surface area contributed by atoms with Crippen LogP contribution >= 0.6 is 0 Å². The Morgan fingerprint density at radius 1 is 1.19 bits per heavy atom. The van der Waals surface area contributed by atoms with Gasteiger partial charge in [0.25, 0.3) is 11.8 Å². The van der Waals surface area contributed by atoms with Crippen molar-refractivity contribution in [2.75, 3.05) is 6.54 Å². The molecule has 0 aromatic heterocycles. The van der Waals surface area contributed by atoms with Gasteiger partial charge < -0.3 is 11.5 Å². The van der Waals surface area contributed by atoms with E-state index < -0.39 is 17.4 Å². The smallest absolute Gasteiger partial charge is 0.252 e. The third-order valence-corrected chi connectivity index (χ3v) is 2.95. The fraction of sp³-hybridized carbons (Fsp3) is 0.273. The van der Waals surface area contributed by atoms with E-state index >= 15 is 0 Å². The summed E-state index contributed by atoms with van der Waals surface area (Å²) in [6.07, 6.45) is 0.748. The summed E-state index contributed by atoms with van der Waals surface area (Å²) in [5.41, 5.74) is 10.6. The van der Waals surface area contributed by atoms with Gasteiger partial charge in [-0.2, -0.15) is 0 Å². The average Bonchev–Trinajstić information content (AvgIpc) is 2.27. The minimum Gasteiger partial charge on any atom is -0.367 e. The Labute approximate surface area is 92.8 Å². The molecule has 1 aliphatic heterocycles. The molecular weight excluding hydrogens is 206 g/mol. The van der Waals surface area contributed by atoms with Crippen molar-refractivity contribution in [3.8, 4) is 0 Å². The van der Waals surface area contributed by atoms with Crippen molar-refractivity contribution in [1.29, 1.82) is 0 Å². The molecule has 16 heavy (non-hydrogen) atoms. The SMILES string of the molecule is NC(=O)C1(C(N)=O)NCCc2ccccc21. The fourth-order valence-electron chi connectivity index (χ4n) is 2.15. The molecule has 0 saturated carbocycles. The van der Waals surface area contributed by atoms with E-state index in [1.807, 2.05) is 12.1 Å². The van der Waals surface area contributed by atoms with Gasteiger partial charge in [0.15, 0.2) is 0 Å². The Morgan fingerprint density at radius 3 is 2.44 bits per heavy atom. The molecule has 0 aliphatic carbocycles. The zero-order valence-electron chi connectivity index (χ0n) is 8.69. The molecule has 2 rings (SSSR count). The quantitative estimate of drug-likeness (QED) is 0.556. The minimum atomic E-state index is -1.56. The second-order valence-electron chi connectivity index (χ2n) is 3.81. The zero-order chi connectivity index (χ0) is 11.8. The standard InChI is InChI=1S/C11H13N3O2/c12-9(15)11(10(13)16)8-4-2-1-3-7(8)5-6-14-11/h1-4,14H,5-6H2,(H2,12,15)(H2,13,16). The number of amides is 2. The van der Waals surface area contributed by atoms with Crippen LogP contribution in [0, 0.1) is 0 Å². The van der Waals surface area contributed by atoms with Gasteiger partial charge in [-0.1, -0.05) is 24.3 Å². The second-order valence-corrected chi connectivity index (χ2v) is 3.81. The van der Waals surface area contributed by atoms with Crippen LogP contribution in [0.3, 0.4) is 0 Å². The fourth-order valence-corrected chi connectivity index (χ4v) is 2.15. The summed E-state index contributed by atoms with van der Waals surface area (Å²) in [7, 11) is 0. The van der Waals surface area contributed by atoms with Crippen molar-refractivity contribution in [1.82, 2.24) is 5.32 Å². The first-order valence-electron chi connectivity index (χ1n) is 5.02. The minimum absolute atomic E-state index is 0.503. The number of hydrogen-bond donors (Lipinski definition) is 3. The van der Waals surface area contributed by atoms with Crippen molar-refractivity contribution in [2.45, 2.75) is 12.0 Å². The van der Waals surface area contributed by atoms with Crippen molar-refractivity contribution < 1.29 is 9.59 Å². The lowest BCUT2D eigenvalue weighted by molar-refractivity contribution is -0.136. The highest BCUT2D eigenvalue weighted by molar-refractivity contribution is 6.09. The zero-order valence-corrected chi connectivity index (χ0v) is 8.69. The molecule has 1 aromatic carbocycles. The summed E-state index contributed by atoms with van der Waals surface area (Å²) in [6.45, 7) is 0.503. The Balaban J connectivity index is 2.66. The Kier molecular flexibility index (Phi) is 2.40. The maximum Gasteiger partial charge on any atom is 0.252 e. The van der Waals surface area contributed by atoms with Crippen molar-refractivity contribution in [2.24, 2.45) is 11.5 Å². The molecule has 1 heterocycles. The molecule has 2 amide bonds. The first-order valence-corrected chi connectivity index (χ1v) is 5.02. The van der Waals surface area contributed by atoms with E-state index in [-0.39, 0.29) is 0 Å². The van der Waals surface area contributed by atoms with E-state index in [0.717, 1.165) is 12.0 Å². The molecule has 1 aromatic rings. The number of nitrogens with one attached hydrogen (secondary N) is 1. The van der Waals surface area contributed by atoms with Crippen LogP contribution in [0.15, 0.2) is 24.3 Å². The molecule has 5 nitrogen and oxygen atoms in total. The van der Waals surface area contributed by atoms with Gasteiger partial charge in [0, 0.05) is 6.54 Å². The number of rotatable bonds is 2. The monoisotopic (exact) mass is 219 g/mol. The normalized spacial score (nSPS) is 17.5.